The molecule has 1 aliphatic rings. The summed E-state index contributed by atoms with van der Waals surface area (Å²) in [4.78, 5) is 0. The summed E-state index contributed by atoms with van der Waals surface area (Å²) in [5.74, 6) is -2.59. The van der Waals surface area contributed by atoms with Crippen LogP contribution in [0.1, 0.15) is 25.0 Å². The zero-order chi connectivity index (χ0) is 20.0. The van der Waals surface area contributed by atoms with Gasteiger partial charge in [0.25, 0.3) is 0 Å². The van der Waals surface area contributed by atoms with Crippen molar-refractivity contribution in [1.82, 2.24) is 0 Å². The highest BCUT2D eigenvalue weighted by Crippen LogP contribution is 2.41. The molecule has 0 unspecified atom stereocenters. The second-order valence-electron chi connectivity index (χ2n) is 7.12. The van der Waals surface area contributed by atoms with Crippen molar-refractivity contribution in [1.29, 1.82) is 0 Å². The van der Waals surface area contributed by atoms with Crippen LogP contribution in [0.15, 0.2) is 60.7 Å². The van der Waals surface area contributed by atoms with Crippen molar-refractivity contribution in [2.75, 3.05) is 13.2 Å². The SMILES string of the molecule is C[C@@]1(OCc2ccccc2)O[C@@H](CO)[C@H](CO)O[C@@]1(C)OCc1ccccc1. The van der Waals surface area contributed by atoms with Crippen LogP contribution in [0.4, 0.5) is 0 Å². The van der Waals surface area contributed by atoms with Gasteiger partial charge in [0.15, 0.2) is 0 Å². The van der Waals surface area contributed by atoms with Crippen LogP contribution in [-0.2, 0) is 32.2 Å². The standard InChI is InChI=1S/C22H28O6/c1-21(25-15-17-9-5-3-6-10-17)22(2,26-16-18-11-7-4-8-12-18)28-20(14-24)19(13-23)27-21/h3-12,19-20,23-24H,13-16H2,1-2H3/t19-,20-,21+,22+/m0/s1. The van der Waals surface area contributed by atoms with E-state index < -0.39 is 23.8 Å². The van der Waals surface area contributed by atoms with Crippen molar-refractivity contribution in [3.63, 3.8) is 0 Å². The molecule has 1 aliphatic heterocycles. The summed E-state index contributed by atoms with van der Waals surface area (Å²) in [7, 11) is 0. The maximum atomic E-state index is 9.68. The number of hydrogen-bond acceptors (Lipinski definition) is 6. The predicted molar refractivity (Wildman–Crippen MR) is 103 cm³/mol. The first-order valence-electron chi connectivity index (χ1n) is 9.43. The van der Waals surface area contributed by atoms with E-state index in [4.69, 9.17) is 18.9 Å². The summed E-state index contributed by atoms with van der Waals surface area (Å²) in [6.07, 6.45) is -1.45. The van der Waals surface area contributed by atoms with Crippen molar-refractivity contribution in [3.05, 3.63) is 71.8 Å². The largest absolute Gasteiger partial charge is 0.394 e. The summed E-state index contributed by atoms with van der Waals surface area (Å²) in [5.41, 5.74) is 1.95. The fourth-order valence-electron chi connectivity index (χ4n) is 3.17. The van der Waals surface area contributed by atoms with Gasteiger partial charge in [0, 0.05) is 0 Å². The molecule has 28 heavy (non-hydrogen) atoms. The zero-order valence-corrected chi connectivity index (χ0v) is 16.3. The molecule has 0 radical (unpaired) electrons. The van der Waals surface area contributed by atoms with Crippen LogP contribution in [0.2, 0.25) is 0 Å². The predicted octanol–water partition coefficient (Wildman–Crippen LogP) is 2.62. The minimum absolute atomic E-state index is 0.285. The number of aliphatic hydroxyl groups is 2. The van der Waals surface area contributed by atoms with Gasteiger partial charge in [-0.1, -0.05) is 60.7 Å². The third kappa shape index (κ3) is 4.60. The summed E-state index contributed by atoms with van der Waals surface area (Å²) in [6, 6.07) is 19.4. The van der Waals surface area contributed by atoms with E-state index in [0.717, 1.165) is 11.1 Å². The van der Waals surface area contributed by atoms with Crippen LogP contribution in [0.25, 0.3) is 0 Å². The van der Waals surface area contributed by atoms with Crippen molar-refractivity contribution in [3.8, 4) is 0 Å². The van der Waals surface area contributed by atoms with Gasteiger partial charge in [-0.25, -0.2) is 0 Å². The molecule has 0 amide bonds. The molecule has 4 atom stereocenters. The van der Waals surface area contributed by atoms with Gasteiger partial charge in [0.2, 0.25) is 11.6 Å². The van der Waals surface area contributed by atoms with E-state index in [0.29, 0.717) is 0 Å². The van der Waals surface area contributed by atoms with Crippen LogP contribution < -0.4 is 0 Å². The topological polar surface area (TPSA) is 77.4 Å². The van der Waals surface area contributed by atoms with Crippen molar-refractivity contribution >= 4 is 0 Å². The van der Waals surface area contributed by atoms with E-state index >= 15 is 0 Å². The Bertz CT molecular complexity index is 661. The first-order valence-corrected chi connectivity index (χ1v) is 9.43. The number of benzene rings is 2. The van der Waals surface area contributed by atoms with Gasteiger partial charge < -0.3 is 29.2 Å². The Morgan fingerprint density at radius 3 is 1.39 bits per heavy atom. The molecule has 0 aromatic heterocycles. The quantitative estimate of drug-likeness (QED) is 0.724. The molecule has 3 rings (SSSR count). The molecule has 2 N–H and O–H groups in total. The van der Waals surface area contributed by atoms with Crippen LogP contribution in [0.5, 0.6) is 0 Å². The summed E-state index contributed by atoms with van der Waals surface area (Å²) in [5, 5.41) is 19.4. The van der Waals surface area contributed by atoms with E-state index in [1.807, 2.05) is 60.7 Å². The van der Waals surface area contributed by atoms with Crippen LogP contribution >= 0.6 is 0 Å². The van der Waals surface area contributed by atoms with E-state index in [2.05, 4.69) is 0 Å². The van der Waals surface area contributed by atoms with Gasteiger partial charge >= 0.3 is 0 Å². The Morgan fingerprint density at radius 1 is 0.714 bits per heavy atom. The molecular formula is C22H28O6. The lowest BCUT2D eigenvalue weighted by atomic mass is 10.0. The summed E-state index contributed by atoms with van der Waals surface area (Å²) >= 11 is 0. The molecule has 2 aromatic carbocycles. The third-order valence-corrected chi connectivity index (χ3v) is 5.07. The smallest absolute Gasteiger partial charge is 0.221 e. The highest BCUT2D eigenvalue weighted by molar-refractivity contribution is 5.14. The minimum atomic E-state index is -1.29. The Hall–Kier alpha value is -1.80. The van der Waals surface area contributed by atoms with Crippen LogP contribution in [0.3, 0.4) is 0 Å². The molecule has 152 valence electrons. The Labute approximate surface area is 165 Å². The molecule has 1 saturated heterocycles. The van der Waals surface area contributed by atoms with Crippen molar-refractivity contribution in [2.45, 2.75) is 50.8 Å². The minimum Gasteiger partial charge on any atom is -0.394 e. The van der Waals surface area contributed by atoms with Gasteiger partial charge in [0.1, 0.15) is 12.2 Å². The summed E-state index contributed by atoms with van der Waals surface area (Å²) in [6.45, 7) is 3.43. The number of aliphatic hydroxyl groups excluding tert-OH is 2. The van der Waals surface area contributed by atoms with E-state index in [9.17, 15) is 10.2 Å². The van der Waals surface area contributed by atoms with Crippen molar-refractivity contribution < 1.29 is 29.2 Å². The molecule has 6 heteroatoms. The van der Waals surface area contributed by atoms with Crippen molar-refractivity contribution in [2.24, 2.45) is 0 Å². The van der Waals surface area contributed by atoms with E-state index in [-0.39, 0.29) is 26.4 Å². The molecule has 1 heterocycles. The van der Waals surface area contributed by atoms with Gasteiger partial charge in [-0.2, -0.15) is 0 Å². The lowest BCUT2D eigenvalue weighted by Crippen LogP contribution is -2.66. The van der Waals surface area contributed by atoms with Gasteiger partial charge in [-0.3, -0.25) is 0 Å². The van der Waals surface area contributed by atoms with Gasteiger partial charge in [-0.05, 0) is 25.0 Å². The lowest BCUT2D eigenvalue weighted by Gasteiger charge is -2.52. The molecule has 0 aliphatic carbocycles. The highest BCUT2D eigenvalue weighted by Gasteiger charge is 2.57. The normalized spacial score (nSPS) is 30.3. The fraction of sp³-hybridized carbons (Fsp3) is 0.455. The van der Waals surface area contributed by atoms with Crippen LogP contribution in [0, 0.1) is 0 Å². The maximum Gasteiger partial charge on any atom is 0.221 e. The Balaban J connectivity index is 1.80. The Kier molecular flexibility index (Phi) is 6.82. The first kappa shape index (κ1) is 20.9. The molecule has 0 saturated carbocycles. The monoisotopic (exact) mass is 388 g/mol. The van der Waals surface area contributed by atoms with E-state index in [1.165, 1.54) is 0 Å². The van der Waals surface area contributed by atoms with Gasteiger partial charge in [-0.15, -0.1) is 0 Å². The lowest BCUT2D eigenvalue weighted by molar-refractivity contribution is -0.464. The summed E-state index contributed by atoms with van der Waals surface area (Å²) < 4.78 is 24.4. The second kappa shape index (κ2) is 9.13. The molecule has 0 spiro atoms. The average Bonchev–Trinajstić information content (AvgIpc) is 2.74. The molecule has 1 fully saturated rings. The third-order valence-electron chi connectivity index (χ3n) is 5.07. The van der Waals surface area contributed by atoms with Gasteiger partial charge in [0.05, 0.1) is 26.4 Å². The number of ether oxygens (including phenoxy) is 4. The first-order chi connectivity index (χ1) is 13.5. The molecular weight excluding hydrogens is 360 g/mol. The van der Waals surface area contributed by atoms with Crippen LogP contribution in [-0.4, -0.2) is 47.2 Å². The molecule has 0 bridgehead atoms. The number of rotatable bonds is 8. The molecule has 6 nitrogen and oxygen atoms in total. The molecule has 2 aromatic rings. The van der Waals surface area contributed by atoms with E-state index in [1.54, 1.807) is 13.8 Å². The second-order valence-corrected chi connectivity index (χ2v) is 7.12. The fourth-order valence-corrected chi connectivity index (χ4v) is 3.17. The maximum absolute atomic E-state index is 9.68. The average molecular weight is 388 g/mol. The zero-order valence-electron chi connectivity index (χ0n) is 16.3. The highest BCUT2D eigenvalue weighted by atomic mass is 16.8. The Morgan fingerprint density at radius 2 is 1.07 bits per heavy atom. The number of hydrogen-bond donors (Lipinski definition) is 2.